The summed E-state index contributed by atoms with van der Waals surface area (Å²) >= 11 is 8.90. The van der Waals surface area contributed by atoms with Crippen LogP contribution >= 0.6 is 27.5 Å². The highest BCUT2D eigenvalue weighted by molar-refractivity contribution is 9.10. The number of furan rings is 1. The Morgan fingerprint density at radius 2 is 2.18 bits per heavy atom. The molecule has 0 spiro atoms. The highest BCUT2D eigenvalue weighted by atomic mass is 79.9. The summed E-state index contributed by atoms with van der Waals surface area (Å²) in [6, 6.07) is 5.23. The molecule has 1 amide bonds. The van der Waals surface area contributed by atoms with Crippen molar-refractivity contribution in [3.8, 4) is 0 Å². The molecule has 2 aromatic rings. The molecule has 1 heterocycles. The van der Waals surface area contributed by atoms with Crippen molar-refractivity contribution >= 4 is 39.1 Å². The van der Waals surface area contributed by atoms with Crippen molar-refractivity contribution in [1.29, 1.82) is 0 Å². The topological polar surface area (TPSA) is 42.2 Å². The molecule has 0 saturated carbocycles. The number of hydrogen-bond acceptors (Lipinski definition) is 2. The standard InChI is InChI=1S/C11H6BrClFNO2/c12-10-7(3-4-17-10)11(16)15-9-5-6(14)1-2-8(9)13/h1-5H,(H,15,16). The fourth-order valence-corrected chi connectivity index (χ4v) is 1.82. The number of halogens is 3. The lowest BCUT2D eigenvalue weighted by Gasteiger charge is -2.06. The van der Waals surface area contributed by atoms with Gasteiger partial charge in [0.05, 0.1) is 22.5 Å². The van der Waals surface area contributed by atoms with Gasteiger partial charge in [0.15, 0.2) is 4.67 Å². The Bertz CT molecular complexity index is 570. The number of carbonyl (C=O) groups excluding carboxylic acids is 1. The van der Waals surface area contributed by atoms with Crippen LogP contribution in [0.25, 0.3) is 0 Å². The van der Waals surface area contributed by atoms with E-state index in [0.717, 1.165) is 6.07 Å². The van der Waals surface area contributed by atoms with E-state index in [0.29, 0.717) is 10.2 Å². The maximum absolute atomic E-state index is 13.0. The quantitative estimate of drug-likeness (QED) is 0.906. The second-order valence-corrected chi connectivity index (χ2v) is 4.31. The van der Waals surface area contributed by atoms with Crippen molar-refractivity contribution in [3.63, 3.8) is 0 Å². The summed E-state index contributed by atoms with van der Waals surface area (Å²) in [6.45, 7) is 0. The number of amides is 1. The lowest BCUT2D eigenvalue weighted by atomic mass is 10.2. The van der Waals surface area contributed by atoms with Gasteiger partial charge in [-0.2, -0.15) is 0 Å². The normalized spacial score (nSPS) is 10.3. The molecular formula is C11H6BrClFNO2. The average Bonchev–Trinajstić information content (AvgIpc) is 2.70. The molecule has 88 valence electrons. The van der Waals surface area contributed by atoms with Crippen LogP contribution < -0.4 is 5.32 Å². The summed E-state index contributed by atoms with van der Waals surface area (Å²) in [5.41, 5.74) is 0.523. The fourth-order valence-electron chi connectivity index (χ4n) is 1.24. The first-order valence-electron chi connectivity index (χ1n) is 4.57. The van der Waals surface area contributed by atoms with Gasteiger partial charge in [0.2, 0.25) is 0 Å². The van der Waals surface area contributed by atoms with E-state index in [1.165, 1.54) is 24.5 Å². The van der Waals surface area contributed by atoms with Crippen LogP contribution in [-0.4, -0.2) is 5.91 Å². The van der Waals surface area contributed by atoms with Crippen molar-refractivity contribution in [2.45, 2.75) is 0 Å². The summed E-state index contributed by atoms with van der Waals surface area (Å²) < 4.78 is 18.2. The number of nitrogens with one attached hydrogen (secondary N) is 1. The molecule has 6 heteroatoms. The van der Waals surface area contributed by atoms with Gasteiger partial charge >= 0.3 is 0 Å². The van der Waals surface area contributed by atoms with E-state index in [1.807, 2.05) is 0 Å². The number of carbonyl (C=O) groups is 1. The van der Waals surface area contributed by atoms with E-state index in [-0.39, 0.29) is 10.7 Å². The zero-order valence-corrected chi connectivity index (χ0v) is 10.7. The Labute approximate surface area is 110 Å². The monoisotopic (exact) mass is 317 g/mol. The number of hydrogen-bond donors (Lipinski definition) is 1. The van der Waals surface area contributed by atoms with Crippen LogP contribution in [0.1, 0.15) is 10.4 Å². The third-order valence-corrected chi connectivity index (χ3v) is 2.98. The van der Waals surface area contributed by atoms with Crippen molar-refractivity contribution < 1.29 is 13.6 Å². The van der Waals surface area contributed by atoms with Crippen LogP contribution in [0.5, 0.6) is 0 Å². The highest BCUT2D eigenvalue weighted by Crippen LogP contribution is 2.24. The van der Waals surface area contributed by atoms with Crippen LogP contribution in [0.4, 0.5) is 10.1 Å². The van der Waals surface area contributed by atoms with Gasteiger partial charge < -0.3 is 9.73 Å². The molecule has 1 aromatic carbocycles. The second-order valence-electron chi connectivity index (χ2n) is 3.19. The molecule has 1 N–H and O–H groups in total. The summed E-state index contributed by atoms with van der Waals surface area (Å²) in [7, 11) is 0. The van der Waals surface area contributed by atoms with Crippen LogP contribution in [0, 0.1) is 5.82 Å². The molecule has 0 aliphatic rings. The SMILES string of the molecule is O=C(Nc1cc(F)ccc1Cl)c1ccoc1Br. The van der Waals surface area contributed by atoms with Gasteiger partial charge in [-0.1, -0.05) is 11.6 Å². The molecule has 0 unspecified atom stereocenters. The number of rotatable bonds is 2. The van der Waals surface area contributed by atoms with Gasteiger partial charge in [0.1, 0.15) is 5.82 Å². The summed E-state index contributed by atoms with van der Waals surface area (Å²) in [5.74, 6) is -0.908. The molecule has 3 nitrogen and oxygen atoms in total. The molecular weight excluding hydrogens is 312 g/mol. The van der Waals surface area contributed by atoms with Crippen molar-refractivity contribution in [2.75, 3.05) is 5.32 Å². The van der Waals surface area contributed by atoms with Gasteiger partial charge in [0, 0.05) is 0 Å². The van der Waals surface area contributed by atoms with Crippen LogP contribution in [0.15, 0.2) is 39.6 Å². The third-order valence-electron chi connectivity index (χ3n) is 2.04. The Morgan fingerprint density at radius 3 is 2.82 bits per heavy atom. The minimum absolute atomic E-state index is 0.213. The molecule has 0 saturated heterocycles. The molecule has 0 fully saturated rings. The van der Waals surface area contributed by atoms with E-state index in [1.54, 1.807) is 0 Å². The first-order chi connectivity index (χ1) is 8.08. The lowest BCUT2D eigenvalue weighted by Crippen LogP contribution is -2.12. The van der Waals surface area contributed by atoms with E-state index in [2.05, 4.69) is 21.2 Å². The van der Waals surface area contributed by atoms with Crippen molar-refractivity contribution in [3.05, 3.63) is 51.6 Å². The molecule has 2 rings (SSSR count). The Kier molecular flexibility index (Phi) is 3.49. The maximum atomic E-state index is 13.0. The molecule has 0 aliphatic carbocycles. The Hall–Kier alpha value is -1.33. The molecule has 0 atom stereocenters. The highest BCUT2D eigenvalue weighted by Gasteiger charge is 2.14. The first-order valence-corrected chi connectivity index (χ1v) is 5.74. The summed E-state index contributed by atoms with van der Waals surface area (Å²) in [4.78, 5) is 11.8. The van der Waals surface area contributed by atoms with Crippen molar-refractivity contribution in [2.24, 2.45) is 0 Å². The average molecular weight is 319 g/mol. The van der Waals surface area contributed by atoms with Crippen LogP contribution in [0.3, 0.4) is 0 Å². The van der Waals surface area contributed by atoms with Gasteiger partial charge in [-0.3, -0.25) is 4.79 Å². The van der Waals surface area contributed by atoms with E-state index >= 15 is 0 Å². The Balaban J connectivity index is 2.24. The first kappa shape index (κ1) is 12.1. The minimum atomic E-state index is -0.476. The van der Waals surface area contributed by atoms with Gasteiger partial charge in [-0.25, -0.2) is 4.39 Å². The number of benzene rings is 1. The number of anilines is 1. The predicted octanol–water partition coefficient (Wildman–Crippen LogP) is 4.09. The van der Waals surface area contributed by atoms with Gasteiger partial charge in [0.25, 0.3) is 5.91 Å². The molecule has 0 bridgehead atoms. The largest absolute Gasteiger partial charge is 0.457 e. The zero-order chi connectivity index (χ0) is 12.4. The molecule has 17 heavy (non-hydrogen) atoms. The van der Waals surface area contributed by atoms with Gasteiger partial charge in [-0.15, -0.1) is 0 Å². The molecule has 0 aliphatic heterocycles. The summed E-state index contributed by atoms with van der Waals surface area (Å²) in [5, 5.41) is 2.76. The van der Waals surface area contributed by atoms with E-state index in [9.17, 15) is 9.18 Å². The predicted molar refractivity (Wildman–Crippen MR) is 65.8 cm³/mol. The van der Waals surface area contributed by atoms with Crippen molar-refractivity contribution in [1.82, 2.24) is 0 Å². The van der Waals surface area contributed by atoms with Crippen LogP contribution in [0.2, 0.25) is 5.02 Å². The zero-order valence-electron chi connectivity index (χ0n) is 8.34. The van der Waals surface area contributed by atoms with E-state index < -0.39 is 11.7 Å². The lowest BCUT2D eigenvalue weighted by molar-refractivity contribution is 0.102. The molecule has 1 aromatic heterocycles. The van der Waals surface area contributed by atoms with E-state index in [4.69, 9.17) is 16.0 Å². The maximum Gasteiger partial charge on any atom is 0.260 e. The van der Waals surface area contributed by atoms with Crippen LogP contribution in [-0.2, 0) is 0 Å². The second kappa shape index (κ2) is 4.89. The fraction of sp³-hybridized carbons (Fsp3) is 0. The molecule has 0 radical (unpaired) electrons. The van der Waals surface area contributed by atoms with Gasteiger partial charge in [-0.05, 0) is 40.2 Å². The summed E-state index contributed by atoms with van der Waals surface area (Å²) in [6.07, 6.45) is 1.37. The third kappa shape index (κ3) is 2.68. The Morgan fingerprint density at radius 1 is 1.41 bits per heavy atom. The minimum Gasteiger partial charge on any atom is -0.457 e. The smallest absolute Gasteiger partial charge is 0.260 e.